The summed E-state index contributed by atoms with van der Waals surface area (Å²) < 4.78 is 15.2. The Balaban J connectivity index is 2.12. The van der Waals surface area contributed by atoms with Gasteiger partial charge in [-0.3, -0.25) is 4.79 Å². The van der Waals surface area contributed by atoms with Crippen LogP contribution in [0.2, 0.25) is 0 Å². The minimum absolute atomic E-state index is 0.152. The molecule has 0 bridgehead atoms. The highest BCUT2D eigenvalue weighted by Crippen LogP contribution is 2.18. The van der Waals surface area contributed by atoms with Crippen molar-refractivity contribution in [2.45, 2.75) is 25.8 Å². The van der Waals surface area contributed by atoms with E-state index in [4.69, 9.17) is 5.73 Å². The maximum Gasteiger partial charge on any atom is 0.226 e. The van der Waals surface area contributed by atoms with E-state index in [-0.39, 0.29) is 18.0 Å². The number of nitrogens with zero attached hydrogens (tertiary/aromatic N) is 3. The highest BCUT2D eigenvalue weighted by Gasteiger charge is 2.17. The predicted molar refractivity (Wildman–Crippen MR) is 72.8 cm³/mol. The Hall–Kier alpha value is -2.28. The third kappa shape index (κ3) is 3.61. The van der Waals surface area contributed by atoms with E-state index in [0.717, 1.165) is 0 Å². The Labute approximate surface area is 115 Å². The van der Waals surface area contributed by atoms with Gasteiger partial charge in [-0.25, -0.2) is 14.1 Å². The zero-order valence-corrected chi connectivity index (χ0v) is 11.3. The van der Waals surface area contributed by atoms with Crippen LogP contribution in [0.3, 0.4) is 0 Å². The molecule has 0 saturated heterocycles. The van der Waals surface area contributed by atoms with Crippen LogP contribution in [-0.4, -0.2) is 26.2 Å². The summed E-state index contributed by atoms with van der Waals surface area (Å²) in [5.74, 6) is -0.759. The summed E-state index contributed by atoms with van der Waals surface area (Å²) in [7, 11) is 0. The van der Waals surface area contributed by atoms with Crippen LogP contribution >= 0.6 is 0 Å². The Morgan fingerprint density at radius 2 is 2.25 bits per heavy atom. The second-order valence-corrected chi connectivity index (χ2v) is 5.22. The van der Waals surface area contributed by atoms with Gasteiger partial charge in [0.25, 0.3) is 0 Å². The van der Waals surface area contributed by atoms with Crippen LogP contribution in [0.15, 0.2) is 30.9 Å². The van der Waals surface area contributed by atoms with Crippen molar-refractivity contribution in [1.82, 2.24) is 14.8 Å². The van der Waals surface area contributed by atoms with E-state index in [9.17, 15) is 9.18 Å². The lowest BCUT2D eigenvalue weighted by molar-refractivity contribution is -0.117. The summed E-state index contributed by atoms with van der Waals surface area (Å²) in [6.07, 6.45) is 2.87. The van der Waals surface area contributed by atoms with Crippen molar-refractivity contribution in [1.29, 1.82) is 0 Å². The molecule has 3 N–H and O–H groups in total. The van der Waals surface area contributed by atoms with Gasteiger partial charge < -0.3 is 11.1 Å². The molecule has 0 spiro atoms. The van der Waals surface area contributed by atoms with E-state index in [0.29, 0.717) is 5.69 Å². The normalized spacial score (nSPS) is 11.4. The van der Waals surface area contributed by atoms with Crippen LogP contribution in [0.5, 0.6) is 0 Å². The zero-order chi connectivity index (χ0) is 14.8. The molecule has 1 aromatic carbocycles. The predicted octanol–water partition coefficient (Wildman–Crippen LogP) is 1.47. The first kappa shape index (κ1) is 14.1. The molecule has 6 nitrogen and oxygen atoms in total. The van der Waals surface area contributed by atoms with Crippen LogP contribution in [0.1, 0.15) is 20.3 Å². The summed E-state index contributed by atoms with van der Waals surface area (Å²) in [6, 6.07) is 4.35. The highest BCUT2D eigenvalue weighted by molar-refractivity contribution is 5.91. The lowest BCUT2D eigenvalue weighted by Gasteiger charge is -2.17. The quantitative estimate of drug-likeness (QED) is 0.886. The van der Waals surface area contributed by atoms with Gasteiger partial charge in [0.05, 0.1) is 0 Å². The van der Waals surface area contributed by atoms with Gasteiger partial charge in [0, 0.05) is 17.6 Å². The molecule has 0 aliphatic rings. The monoisotopic (exact) mass is 277 g/mol. The summed E-state index contributed by atoms with van der Waals surface area (Å²) in [6.45, 7) is 3.50. The topological polar surface area (TPSA) is 85.8 Å². The summed E-state index contributed by atoms with van der Waals surface area (Å²) in [5.41, 5.74) is 5.79. The molecule has 0 unspecified atom stereocenters. The minimum Gasteiger partial charge on any atom is -0.326 e. The van der Waals surface area contributed by atoms with Gasteiger partial charge in [0.15, 0.2) is 5.82 Å². The summed E-state index contributed by atoms with van der Waals surface area (Å²) in [5, 5.41) is 6.46. The van der Waals surface area contributed by atoms with Crippen molar-refractivity contribution in [3.05, 3.63) is 36.7 Å². The SMILES string of the molecule is CC(C)(N)CC(=O)Nc1ccc(-n2cncn2)c(F)c1. The minimum atomic E-state index is -0.608. The van der Waals surface area contributed by atoms with Crippen molar-refractivity contribution in [2.24, 2.45) is 5.73 Å². The number of hydrogen-bond acceptors (Lipinski definition) is 4. The number of anilines is 1. The molecule has 1 heterocycles. The Kier molecular flexibility index (Phi) is 3.80. The number of halogens is 1. The van der Waals surface area contributed by atoms with Gasteiger partial charge in [0.1, 0.15) is 18.3 Å². The maximum atomic E-state index is 13.9. The molecule has 1 aromatic heterocycles. The van der Waals surface area contributed by atoms with E-state index >= 15 is 0 Å². The Morgan fingerprint density at radius 3 is 2.80 bits per heavy atom. The van der Waals surface area contributed by atoms with E-state index in [1.54, 1.807) is 19.9 Å². The third-order valence-corrected chi connectivity index (χ3v) is 2.51. The van der Waals surface area contributed by atoms with E-state index in [1.165, 1.54) is 29.5 Å². The molecule has 0 atom stereocenters. The standard InChI is InChI=1S/C13H16FN5O/c1-13(2,15)6-12(20)18-9-3-4-11(10(14)5-9)19-8-16-7-17-19/h3-5,7-8H,6,15H2,1-2H3,(H,18,20). The van der Waals surface area contributed by atoms with Crippen LogP contribution in [0, 0.1) is 5.82 Å². The van der Waals surface area contributed by atoms with Gasteiger partial charge in [0.2, 0.25) is 5.91 Å². The van der Waals surface area contributed by atoms with Crippen molar-refractivity contribution in [3.8, 4) is 5.69 Å². The van der Waals surface area contributed by atoms with E-state index in [1.807, 2.05) is 0 Å². The van der Waals surface area contributed by atoms with Crippen LogP contribution in [0.25, 0.3) is 5.69 Å². The summed E-state index contributed by atoms with van der Waals surface area (Å²) in [4.78, 5) is 15.5. The Morgan fingerprint density at radius 1 is 1.50 bits per heavy atom. The fraction of sp³-hybridized carbons (Fsp3) is 0.308. The summed E-state index contributed by atoms with van der Waals surface area (Å²) >= 11 is 0. The number of carbonyl (C=O) groups is 1. The molecular formula is C13H16FN5O. The molecule has 0 radical (unpaired) electrons. The first-order valence-corrected chi connectivity index (χ1v) is 6.08. The fourth-order valence-corrected chi connectivity index (χ4v) is 1.72. The molecule has 7 heteroatoms. The molecule has 20 heavy (non-hydrogen) atoms. The number of nitrogens with two attached hydrogens (primary N) is 1. The lowest BCUT2D eigenvalue weighted by atomic mass is 10.0. The first-order chi connectivity index (χ1) is 9.35. The van der Waals surface area contributed by atoms with Crippen molar-refractivity contribution < 1.29 is 9.18 Å². The molecule has 2 rings (SSSR count). The second kappa shape index (κ2) is 5.38. The van der Waals surface area contributed by atoms with Crippen molar-refractivity contribution in [3.63, 3.8) is 0 Å². The smallest absolute Gasteiger partial charge is 0.226 e. The van der Waals surface area contributed by atoms with E-state index in [2.05, 4.69) is 15.4 Å². The average Bonchev–Trinajstić information content (AvgIpc) is 2.79. The van der Waals surface area contributed by atoms with Crippen molar-refractivity contribution >= 4 is 11.6 Å². The van der Waals surface area contributed by atoms with Crippen LogP contribution < -0.4 is 11.1 Å². The maximum absolute atomic E-state index is 13.9. The van der Waals surface area contributed by atoms with Gasteiger partial charge in [-0.1, -0.05) is 0 Å². The number of amides is 1. The molecule has 0 saturated carbocycles. The lowest BCUT2D eigenvalue weighted by Crippen LogP contribution is -2.36. The zero-order valence-electron chi connectivity index (χ0n) is 11.3. The molecule has 0 fully saturated rings. The third-order valence-electron chi connectivity index (χ3n) is 2.51. The van der Waals surface area contributed by atoms with Gasteiger partial charge in [-0.15, -0.1) is 0 Å². The molecule has 106 valence electrons. The van der Waals surface area contributed by atoms with Gasteiger partial charge in [-0.2, -0.15) is 5.10 Å². The van der Waals surface area contributed by atoms with Gasteiger partial charge in [-0.05, 0) is 32.0 Å². The molecule has 0 aliphatic heterocycles. The van der Waals surface area contributed by atoms with Crippen molar-refractivity contribution in [2.75, 3.05) is 5.32 Å². The molecular weight excluding hydrogens is 261 g/mol. The highest BCUT2D eigenvalue weighted by atomic mass is 19.1. The number of carbonyl (C=O) groups excluding carboxylic acids is 1. The number of nitrogens with one attached hydrogen (secondary N) is 1. The Bertz CT molecular complexity index is 604. The molecule has 2 aromatic rings. The molecule has 0 aliphatic carbocycles. The second-order valence-electron chi connectivity index (χ2n) is 5.22. The van der Waals surface area contributed by atoms with Crippen LogP contribution in [0.4, 0.5) is 10.1 Å². The molecule has 1 amide bonds. The first-order valence-electron chi connectivity index (χ1n) is 6.08. The number of hydrogen-bond donors (Lipinski definition) is 2. The van der Waals surface area contributed by atoms with Gasteiger partial charge >= 0.3 is 0 Å². The average molecular weight is 277 g/mol. The van der Waals surface area contributed by atoms with E-state index < -0.39 is 11.4 Å². The van der Waals surface area contributed by atoms with Crippen LogP contribution in [-0.2, 0) is 4.79 Å². The fourth-order valence-electron chi connectivity index (χ4n) is 1.72. The number of aromatic nitrogens is 3. The number of benzene rings is 1. The number of rotatable bonds is 4. The largest absolute Gasteiger partial charge is 0.326 e.